The lowest BCUT2D eigenvalue weighted by molar-refractivity contribution is -0.154. The Hall–Kier alpha value is -0.610. The van der Waals surface area contributed by atoms with Crippen molar-refractivity contribution in [2.24, 2.45) is 5.41 Å². The average Bonchev–Trinajstić information content (AvgIpc) is 2.17. The smallest absolute Gasteiger partial charge is 0.311 e. The van der Waals surface area contributed by atoms with Crippen LogP contribution in [-0.2, 0) is 9.53 Å². The fraction of sp³-hybridized carbons (Fsp3) is 0.900. The Morgan fingerprint density at radius 1 is 1.50 bits per heavy atom. The number of esters is 1. The first-order valence-corrected chi connectivity index (χ1v) is 4.90. The summed E-state index contributed by atoms with van der Waals surface area (Å²) in [5.74, 6) is -0.259. The molecule has 14 heavy (non-hydrogen) atoms. The van der Waals surface area contributed by atoms with Crippen molar-refractivity contribution in [1.29, 1.82) is 0 Å². The average molecular weight is 204 g/mol. The summed E-state index contributed by atoms with van der Waals surface area (Å²) >= 11 is 0. The van der Waals surface area contributed by atoms with Gasteiger partial charge >= 0.3 is 5.97 Å². The van der Waals surface area contributed by atoms with Crippen LogP contribution in [0.4, 0.5) is 0 Å². The highest BCUT2D eigenvalue weighted by atomic mass is 16.5. The molecule has 0 aromatic rings. The number of aliphatic hydroxyl groups excluding tert-OH is 2. The third-order valence-electron chi connectivity index (χ3n) is 2.33. The third-order valence-corrected chi connectivity index (χ3v) is 2.33. The molecule has 0 fully saturated rings. The third kappa shape index (κ3) is 4.58. The Bertz CT molecular complexity index is 177. The monoisotopic (exact) mass is 204 g/mol. The second kappa shape index (κ2) is 5.98. The molecule has 0 heterocycles. The molecule has 0 bridgehead atoms. The zero-order valence-corrected chi connectivity index (χ0v) is 9.12. The summed E-state index contributed by atoms with van der Waals surface area (Å²) in [5.41, 5.74) is -0.468. The molecule has 0 radical (unpaired) electrons. The van der Waals surface area contributed by atoms with Gasteiger partial charge in [0.15, 0.2) is 0 Å². The molecule has 0 aliphatic rings. The van der Waals surface area contributed by atoms with Crippen molar-refractivity contribution in [3.8, 4) is 0 Å². The van der Waals surface area contributed by atoms with E-state index in [1.807, 2.05) is 20.8 Å². The Morgan fingerprint density at radius 2 is 2.07 bits per heavy atom. The molecule has 1 atom stereocenters. The molecule has 4 nitrogen and oxygen atoms in total. The summed E-state index contributed by atoms with van der Waals surface area (Å²) in [4.78, 5) is 11.4. The Labute approximate surface area is 84.9 Å². The second-order valence-corrected chi connectivity index (χ2v) is 4.00. The second-order valence-electron chi connectivity index (χ2n) is 4.00. The lowest BCUT2D eigenvalue weighted by atomic mass is 9.91. The van der Waals surface area contributed by atoms with E-state index in [2.05, 4.69) is 0 Å². The highest BCUT2D eigenvalue weighted by Crippen LogP contribution is 2.21. The minimum Gasteiger partial charge on any atom is -0.465 e. The first-order chi connectivity index (χ1) is 6.44. The number of rotatable bonds is 6. The summed E-state index contributed by atoms with van der Waals surface area (Å²) in [5, 5.41) is 17.5. The van der Waals surface area contributed by atoms with Gasteiger partial charge in [-0.25, -0.2) is 0 Å². The molecule has 84 valence electrons. The van der Waals surface area contributed by atoms with Gasteiger partial charge in [-0.3, -0.25) is 4.79 Å². The van der Waals surface area contributed by atoms with Gasteiger partial charge in [0.2, 0.25) is 0 Å². The summed E-state index contributed by atoms with van der Waals surface area (Å²) in [6.45, 7) is 5.41. The number of carbonyl (C=O) groups is 1. The van der Waals surface area contributed by atoms with Crippen molar-refractivity contribution >= 4 is 5.97 Å². The minimum absolute atomic E-state index is 0.157. The van der Waals surface area contributed by atoms with Crippen molar-refractivity contribution in [1.82, 2.24) is 0 Å². The van der Waals surface area contributed by atoms with Gasteiger partial charge in [-0.15, -0.1) is 0 Å². The zero-order chi connectivity index (χ0) is 11.2. The van der Waals surface area contributed by atoms with E-state index in [0.717, 1.165) is 0 Å². The highest BCUT2D eigenvalue weighted by Gasteiger charge is 2.26. The van der Waals surface area contributed by atoms with Gasteiger partial charge in [0.05, 0.1) is 24.7 Å². The van der Waals surface area contributed by atoms with E-state index >= 15 is 0 Å². The van der Waals surface area contributed by atoms with Crippen molar-refractivity contribution in [2.75, 3.05) is 13.2 Å². The topological polar surface area (TPSA) is 66.8 Å². The maximum absolute atomic E-state index is 11.4. The standard InChI is InChI=1S/C10H20O4/c1-4-10(2,3)9(13)14-6-5-8(12)7-11/h8,11-12H,4-7H2,1-3H3. The SMILES string of the molecule is CCC(C)(C)C(=O)OCCC(O)CO. The number of hydrogen-bond donors (Lipinski definition) is 2. The van der Waals surface area contributed by atoms with E-state index < -0.39 is 11.5 Å². The lowest BCUT2D eigenvalue weighted by Crippen LogP contribution is -2.27. The predicted molar refractivity (Wildman–Crippen MR) is 52.7 cm³/mol. The van der Waals surface area contributed by atoms with Crippen LogP contribution in [-0.4, -0.2) is 35.5 Å². The van der Waals surface area contributed by atoms with Gasteiger partial charge in [0.1, 0.15) is 0 Å². The van der Waals surface area contributed by atoms with Crippen LogP contribution in [0, 0.1) is 5.41 Å². The summed E-state index contributed by atoms with van der Waals surface area (Å²) in [6, 6.07) is 0. The largest absolute Gasteiger partial charge is 0.465 e. The van der Waals surface area contributed by atoms with E-state index in [1.165, 1.54) is 0 Å². The molecule has 0 aliphatic carbocycles. The Morgan fingerprint density at radius 3 is 2.50 bits per heavy atom. The number of ether oxygens (including phenoxy) is 1. The van der Waals surface area contributed by atoms with Gasteiger partial charge in [-0.1, -0.05) is 6.92 Å². The quantitative estimate of drug-likeness (QED) is 0.625. The summed E-state index contributed by atoms with van der Waals surface area (Å²) < 4.78 is 4.96. The molecular formula is C10H20O4. The van der Waals surface area contributed by atoms with Crippen LogP contribution in [0.25, 0.3) is 0 Å². The molecule has 4 heteroatoms. The minimum atomic E-state index is -0.799. The molecule has 2 N–H and O–H groups in total. The maximum Gasteiger partial charge on any atom is 0.311 e. The molecule has 0 aromatic carbocycles. The van der Waals surface area contributed by atoms with Gasteiger partial charge in [-0.2, -0.15) is 0 Å². The molecule has 0 saturated carbocycles. The normalized spacial score (nSPS) is 13.8. The maximum atomic E-state index is 11.4. The summed E-state index contributed by atoms with van der Waals surface area (Å²) in [6.07, 6.45) is 0.198. The van der Waals surface area contributed by atoms with E-state index in [9.17, 15) is 4.79 Å². The molecular weight excluding hydrogens is 184 g/mol. The van der Waals surface area contributed by atoms with Crippen LogP contribution in [0.15, 0.2) is 0 Å². The number of carbonyl (C=O) groups excluding carboxylic acids is 1. The number of hydrogen-bond acceptors (Lipinski definition) is 4. The van der Waals surface area contributed by atoms with E-state index in [0.29, 0.717) is 6.42 Å². The van der Waals surface area contributed by atoms with Crippen LogP contribution >= 0.6 is 0 Å². The molecule has 0 rings (SSSR count). The fourth-order valence-electron chi connectivity index (χ4n) is 0.719. The Balaban J connectivity index is 3.75. The predicted octanol–water partition coefficient (Wildman–Crippen LogP) is 0.709. The lowest BCUT2D eigenvalue weighted by Gasteiger charge is -2.20. The van der Waals surface area contributed by atoms with Crippen LogP contribution in [0.2, 0.25) is 0 Å². The summed E-state index contributed by atoms with van der Waals surface area (Å²) in [7, 11) is 0. The first-order valence-electron chi connectivity index (χ1n) is 4.90. The zero-order valence-electron chi connectivity index (χ0n) is 9.12. The molecule has 0 spiro atoms. The van der Waals surface area contributed by atoms with Crippen LogP contribution in [0.3, 0.4) is 0 Å². The Kier molecular flexibility index (Phi) is 5.72. The number of aliphatic hydroxyl groups is 2. The van der Waals surface area contributed by atoms with E-state index in [1.54, 1.807) is 0 Å². The van der Waals surface area contributed by atoms with Crippen molar-refractivity contribution in [3.05, 3.63) is 0 Å². The van der Waals surface area contributed by atoms with Crippen molar-refractivity contribution < 1.29 is 19.7 Å². The molecule has 0 saturated heterocycles. The van der Waals surface area contributed by atoms with Crippen LogP contribution < -0.4 is 0 Å². The van der Waals surface area contributed by atoms with E-state index in [-0.39, 0.29) is 25.6 Å². The van der Waals surface area contributed by atoms with Crippen molar-refractivity contribution in [2.45, 2.75) is 39.7 Å². The van der Waals surface area contributed by atoms with Crippen molar-refractivity contribution in [3.63, 3.8) is 0 Å². The van der Waals surface area contributed by atoms with Gasteiger partial charge in [0.25, 0.3) is 0 Å². The van der Waals surface area contributed by atoms with Gasteiger partial charge in [-0.05, 0) is 20.3 Å². The fourth-order valence-corrected chi connectivity index (χ4v) is 0.719. The van der Waals surface area contributed by atoms with Crippen LogP contribution in [0.1, 0.15) is 33.6 Å². The highest BCUT2D eigenvalue weighted by molar-refractivity contribution is 5.75. The first kappa shape index (κ1) is 13.4. The molecule has 1 unspecified atom stereocenters. The molecule has 0 amide bonds. The van der Waals surface area contributed by atoms with E-state index in [4.69, 9.17) is 14.9 Å². The molecule has 0 aliphatic heterocycles. The molecule has 0 aromatic heterocycles. The van der Waals surface area contributed by atoms with Crippen LogP contribution in [0.5, 0.6) is 0 Å². The van der Waals surface area contributed by atoms with Gasteiger partial charge in [0, 0.05) is 6.42 Å². The van der Waals surface area contributed by atoms with Gasteiger partial charge < -0.3 is 14.9 Å².